The first-order chi connectivity index (χ1) is 15.2. The molecule has 1 aromatic carbocycles. The third kappa shape index (κ3) is 3.64. The molecule has 4 rings (SSSR count). The second-order valence-corrected chi connectivity index (χ2v) is 8.83. The van der Waals surface area contributed by atoms with Gasteiger partial charge in [-0.05, 0) is 35.6 Å². The lowest BCUT2D eigenvalue weighted by atomic mass is 9.83. The van der Waals surface area contributed by atoms with Crippen LogP contribution in [0.2, 0.25) is 10.2 Å². The maximum absolute atomic E-state index is 13.5. The third-order valence-corrected chi connectivity index (χ3v) is 6.78. The van der Waals surface area contributed by atoms with Crippen LogP contribution in [0.1, 0.15) is 35.2 Å². The maximum Gasteiger partial charge on any atom is 0.227 e. The topological polar surface area (TPSA) is 71.2 Å². The number of fused-ring (bicyclic) bond motifs is 2. The quantitative estimate of drug-likeness (QED) is 0.594. The van der Waals surface area contributed by atoms with Crippen molar-refractivity contribution >= 4 is 40.1 Å². The van der Waals surface area contributed by atoms with Gasteiger partial charge in [0.15, 0.2) is 10.8 Å². The van der Waals surface area contributed by atoms with Crippen LogP contribution in [0.4, 0.5) is 8.78 Å². The molecular weight excluding hydrogens is 461 g/mol. The summed E-state index contributed by atoms with van der Waals surface area (Å²) < 4.78 is 28.4. The Morgan fingerprint density at radius 3 is 2.72 bits per heavy atom. The average molecular weight is 483 g/mol. The minimum atomic E-state index is -2.18. The van der Waals surface area contributed by atoms with E-state index in [9.17, 15) is 18.7 Å². The van der Waals surface area contributed by atoms with E-state index >= 15 is 0 Å². The molecule has 0 bridgehead atoms. The minimum absolute atomic E-state index is 0.00152. The van der Waals surface area contributed by atoms with Crippen LogP contribution in [0.25, 0.3) is 11.0 Å². The summed E-state index contributed by atoms with van der Waals surface area (Å²) in [7, 11) is 1.71. The first-order valence-electron chi connectivity index (χ1n) is 10.1. The van der Waals surface area contributed by atoms with Crippen LogP contribution in [-0.2, 0) is 30.3 Å². The van der Waals surface area contributed by atoms with Gasteiger partial charge in [-0.2, -0.15) is 5.10 Å². The highest BCUT2D eigenvalue weighted by molar-refractivity contribution is 6.36. The first-order valence-corrected chi connectivity index (χ1v) is 10.9. The SMILES string of the molecule is C[C@H]1c2cccc(C(O)(CF)CF)c2CCN1C(=O)Cc1c(Cl)cnc2c1c(Cl)nn2C. The Morgan fingerprint density at radius 2 is 2.03 bits per heavy atom. The number of aromatic nitrogens is 3. The highest BCUT2D eigenvalue weighted by atomic mass is 35.5. The van der Waals surface area contributed by atoms with Gasteiger partial charge in [0.05, 0.1) is 22.9 Å². The zero-order valence-electron chi connectivity index (χ0n) is 17.6. The zero-order valence-corrected chi connectivity index (χ0v) is 19.1. The van der Waals surface area contributed by atoms with Crippen molar-refractivity contribution in [2.45, 2.75) is 31.4 Å². The Morgan fingerprint density at radius 1 is 1.31 bits per heavy atom. The highest BCUT2D eigenvalue weighted by Crippen LogP contribution is 2.37. The number of amides is 1. The van der Waals surface area contributed by atoms with E-state index in [0.29, 0.717) is 40.1 Å². The molecule has 0 spiro atoms. The molecule has 0 saturated heterocycles. The number of hydrogen-bond acceptors (Lipinski definition) is 4. The Hall–Kier alpha value is -2.29. The van der Waals surface area contributed by atoms with Gasteiger partial charge in [-0.15, -0.1) is 0 Å². The largest absolute Gasteiger partial charge is 0.380 e. The van der Waals surface area contributed by atoms with E-state index in [4.69, 9.17) is 23.2 Å². The predicted molar refractivity (Wildman–Crippen MR) is 118 cm³/mol. The molecule has 3 aromatic rings. The van der Waals surface area contributed by atoms with Gasteiger partial charge in [0, 0.05) is 19.8 Å². The normalized spacial score (nSPS) is 16.5. The van der Waals surface area contributed by atoms with Gasteiger partial charge in [-0.25, -0.2) is 18.4 Å². The zero-order chi connectivity index (χ0) is 23.2. The minimum Gasteiger partial charge on any atom is -0.380 e. The molecule has 10 heteroatoms. The van der Waals surface area contributed by atoms with Crippen molar-refractivity contribution in [2.75, 3.05) is 19.9 Å². The van der Waals surface area contributed by atoms with E-state index in [0.717, 1.165) is 5.56 Å². The monoisotopic (exact) mass is 482 g/mol. The molecule has 0 saturated carbocycles. The highest BCUT2D eigenvalue weighted by Gasteiger charge is 2.36. The Labute approximate surface area is 193 Å². The van der Waals surface area contributed by atoms with Crippen molar-refractivity contribution in [3.63, 3.8) is 0 Å². The molecule has 1 aliphatic heterocycles. The first kappa shape index (κ1) is 22.9. The number of halogens is 4. The number of hydrogen-bond donors (Lipinski definition) is 1. The number of pyridine rings is 1. The van der Waals surface area contributed by atoms with Crippen molar-refractivity contribution in [1.82, 2.24) is 19.7 Å². The summed E-state index contributed by atoms with van der Waals surface area (Å²) >= 11 is 12.6. The number of aryl methyl sites for hydroxylation is 1. The lowest BCUT2D eigenvalue weighted by molar-refractivity contribution is -0.133. The van der Waals surface area contributed by atoms with Gasteiger partial charge in [-0.3, -0.25) is 4.79 Å². The molecule has 1 N–H and O–H groups in total. The molecular formula is C22H22Cl2F2N4O2. The lowest BCUT2D eigenvalue weighted by Crippen LogP contribution is -2.41. The van der Waals surface area contributed by atoms with Crippen LogP contribution in [-0.4, -0.2) is 50.6 Å². The Kier molecular flexibility index (Phi) is 6.13. The number of alkyl halides is 2. The molecule has 1 amide bonds. The van der Waals surface area contributed by atoms with Crippen molar-refractivity contribution in [2.24, 2.45) is 7.05 Å². The molecule has 0 fully saturated rings. The van der Waals surface area contributed by atoms with Gasteiger partial charge in [0.2, 0.25) is 5.91 Å². The van der Waals surface area contributed by atoms with Crippen LogP contribution in [0.3, 0.4) is 0 Å². The number of nitrogens with zero attached hydrogens (tertiary/aromatic N) is 4. The molecule has 1 atom stereocenters. The summed E-state index contributed by atoms with van der Waals surface area (Å²) in [5, 5.41) is 15.6. The fraction of sp³-hybridized carbons (Fsp3) is 0.409. The number of carbonyl (C=O) groups is 1. The third-order valence-electron chi connectivity index (χ3n) is 6.19. The van der Waals surface area contributed by atoms with E-state index < -0.39 is 19.0 Å². The van der Waals surface area contributed by atoms with Crippen molar-refractivity contribution in [1.29, 1.82) is 0 Å². The second kappa shape index (κ2) is 8.57. The van der Waals surface area contributed by atoms with Crippen molar-refractivity contribution in [3.05, 3.63) is 56.8 Å². The van der Waals surface area contributed by atoms with Crippen LogP contribution >= 0.6 is 23.2 Å². The molecule has 0 unspecified atom stereocenters. The van der Waals surface area contributed by atoms with E-state index in [2.05, 4.69) is 10.1 Å². The fourth-order valence-corrected chi connectivity index (χ4v) is 4.98. The maximum atomic E-state index is 13.5. The van der Waals surface area contributed by atoms with E-state index in [-0.39, 0.29) is 29.1 Å². The molecule has 6 nitrogen and oxygen atoms in total. The Bertz CT molecular complexity index is 1200. The molecule has 0 aliphatic carbocycles. The smallest absolute Gasteiger partial charge is 0.227 e. The molecule has 2 aromatic heterocycles. The standard InChI is InChI=1S/C22H22Cl2F2N4O2/c1-12-13-4-3-5-16(22(32,10-25)11-26)14(13)6-7-30(12)18(31)8-15-17(23)9-27-21-19(15)20(24)28-29(21)2/h3-5,9,12,32H,6-8,10-11H2,1-2H3/t12-/m0/s1. The summed E-state index contributed by atoms with van der Waals surface area (Å²) in [6.07, 6.45) is 1.85. The van der Waals surface area contributed by atoms with Gasteiger partial charge in [0.25, 0.3) is 0 Å². The average Bonchev–Trinajstić information content (AvgIpc) is 3.08. The van der Waals surface area contributed by atoms with Gasteiger partial charge >= 0.3 is 0 Å². The number of benzene rings is 1. The summed E-state index contributed by atoms with van der Waals surface area (Å²) in [4.78, 5) is 19.2. The molecule has 0 radical (unpaired) electrons. The summed E-state index contributed by atoms with van der Waals surface area (Å²) in [5.74, 6) is -0.172. The summed E-state index contributed by atoms with van der Waals surface area (Å²) in [5.41, 5.74) is 0.579. The lowest BCUT2D eigenvalue weighted by Gasteiger charge is -2.38. The van der Waals surface area contributed by atoms with Gasteiger partial charge in [-0.1, -0.05) is 41.4 Å². The molecule has 1 aliphatic rings. The molecule has 32 heavy (non-hydrogen) atoms. The van der Waals surface area contributed by atoms with Gasteiger partial charge in [0.1, 0.15) is 19.0 Å². The van der Waals surface area contributed by atoms with Crippen LogP contribution in [0.5, 0.6) is 0 Å². The second-order valence-electron chi connectivity index (χ2n) is 8.06. The number of aliphatic hydroxyl groups is 1. The summed E-state index contributed by atoms with van der Waals surface area (Å²) in [6, 6.07) is 4.65. The van der Waals surface area contributed by atoms with Crippen LogP contribution in [0, 0.1) is 0 Å². The van der Waals surface area contributed by atoms with Crippen molar-refractivity contribution < 1.29 is 18.7 Å². The molecule has 3 heterocycles. The van der Waals surface area contributed by atoms with E-state index in [1.54, 1.807) is 24.1 Å². The molecule has 170 valence electrons. The van der Waals surface area contributed by atoms with E-state index in [1.807, 2.05) is 13.0 Å². The van der Waals surface area contributed by atoms with Crippen LogP contribution < -0.4 is 0 Å². The summed E-state index contributed by atoms with van der Waals surface area (Å²) in [6.45, 7) is -0.255. The van der Waals surface area contributed by atoms with E-state index in [1.165, 1.54) is 10.9 Å². The van der Waals surface area contributed by atoms with Gasteiger partial charge < -0.3 is 10.0 Å². The number of carbonyl (C=O) groups excluding carboxylic acids is 1. The van der Waals surface area contributed by atoms with Crippen molar-refractivity contribution in [3.8, 4) is 0 Å². The predicted octanol–water partition coefficient (Wildman–Crippen LogP) is 4.09. The number of rotatable bonds is 5. The fourth-order valence-electron chi connectivity index (χ4n) is 4.46. The Balaban J connectivity index is 1.67. The van der Waals surface area contributed by atoms with Crippen LogP contribution in [0.15, 0.2) is 24.4 Å².